The lowest BCUT2D eigenvalue weighted by molar-refractivity contribution is -0.147. The van der Waals surface area contributed by atoms with E-state index in [1.54, 1.807) is 0 Å². The smallest absolute Gasteiger partial charge is 0.223 e. The highest BCUT2D eigenvalue weighted by Crippen LogP contribution is 2.36. The Labute approximate surface area is 78.5 Å². The molecule has 0 unspecified atom stereocenters. The molecule has 0 aromatic heterocycles. The van der Waals surface area contributed by atoms with Gasteiger partial charge in [-0.15, -0.1) is 0 Å². The molecule has 0 spiro atoms. The Kier molecular flexibility index (Phi) is 1.62. The first-order valence-electron chi connectivity index (χ1n) is 5.36. The SMILES string of the molecule is O=C(CC1CC1)N1[C@@H]2CNC[C@H]1C2. The summed E-state index contributed by atoms with van der Waals surface area (Å²) in [7, 11) is 0. The quantitative estimate of drug-likeness (QED) is 0.665. The number of hydrogen-bond donors (Lipinski definition) is 1. The molecule has 3 fully saturated rings. The maximum Gasteiger partial charge on any atom is 0.223 e. The predicted octanol–water partition coefficient (Wildman–Crippen LogP) is 0.359. The average Bonchev–Trinajstić information content (AvgIpc) is 2.89. The van der Waals surface area contributed by atoms with Gasteiger partial charge in [0.1, 0.15) is 0 Å². The van der Waals surface area contributed by atoms with E-state index in [1.165, 1.54) is 19.3 Å². The van der Waals surface area contributed by atoms with E-state index in [1.807, 2.05) is 0 Å². The Morgan fingerprint density at radius 3 is 2.54 bits per heavy atom. The molecule has 2 heterocycles. The number of nitrogens with one attached hydrogen (secondary N) is 1. The first kappa shape index (κ1) is 7.80. The molecular formula is C10H16N2O. The second-order valence-corrected chi connectivity index (χ2v) is 4.65. The van der Waals surface area contributed by atoms with E-state index in [0.29, 0.717) is 18.0 Å². The van der Waals surface area contributed by atoms with Gasteiger partial charge in [-0.25, -0.2) is 0 Å². The summed E-state index contributed by atoms with van der Waals surface area (Å²) in [5, 5.41) is 3.34. The van der Waals surface area contributed by atoms with E-state index in [-0.39, 0.29) is 0 Å². The Balaban J connectivity index is 1.61. The van der Waals surface area contributed by atoms with Crippen molar-refractivity contribution in [3.05, 3.63) is 0 Å². The molecule has 3 heteroatoms. The minimum atomic E-state index is 0.422. The van der Waals surface area contributed by atoms with Crippen molar-refractivity contribution in [1.82, 2.24) is 10.2 Å². The Morgan fingerprint density at radius 2 is 2.00 bits per heavy atom. The monoisotopic (exact) mass is 180 g/mol. The van der Waals surface area contributed by atoms with Crippen LogP contribution in [-0.4, -0.2) is 36.0 Å². The number of hydrogen-bond acceptors (Lipinski definition) is 2. The van der Waals surface area contributed by atoms with Gasteiger partial charge >= 0.3 is 0 Å². The van der Waals surface area contributed by atoms with Gasteiger partial charge in [0.05, 0.1) is 0 Å². The van der Waals surface area contributed by atoms with Gasteiger partial charge in [0, 0.05) is 31.6 Å². The summed E-state index contributed by atoms with van der Waals surface area (Å²) < 4.78 is 0. The van der Waals surface area contributed by atoms with Crippen molar-refractivity contribution in [2.45, 2.75) is 37.8 Å². The zero-order valence-electron chi connectivity index (χ0n) is 7.83. The molecule has 1 aliphatic carbocycles. The standard InChI is InChI=1S/C10H16N2O/c13-10(3-7-1-2-7)12-8-4-9(12)6-11-5-8/h7-9,11H,1-6H2/t8-,9+. The molecule has 1 N–H and O–H groups in total. The lowest BCUT2D eigenvalue weighted by Crippen LogP contribution is -2.69. The van der Waals surface area contributed by atoms with Crippen LogP contribution in [0.15, 0.2) is 0 Å². The fraction of sp³-hybridized carbons (Fsp3) is 0.900. The van der Waals surface area contributed by atoms with Crippen molar-refractivity contribution in [2.75, 3.05) is 13.1 Å². The minimum absolute atomic E-state index is 0.422. The van der Waals surface area contributed by atoms with Crippen LogP contribution in [0.1, 0.15) is 25.7 Å². The van der Waals surface area contributed by atoms with Crippen molar-refractivity contribution >= 4 is 5.91 Å². The van der Waals surface area contributed by atoms with Crippen LogP contribution in [-0.2, 0) is 4.79 Å². The highest BCUT2D eigenvalue weighted by molar-refractivity contribution is 5.78. The van der Waals surface area contributed by atoms with Gasteiger partial charge in [-0.2, -0.15) is 0 Å². The normalized spacial score (nSPS) is 37.1. The highest BCUT2D eigenvalue weighted by Gasteiger charge is 2.44. The summed E-state index contributed by atoms with van der Waals surface area (Å²) in [4.78, 5) is 13.9. The van der Waals surface area contributed by atoms with Gasteiger partial charge in [-0.05, 0) is 25.2 Å². The fourth-order valence-corrected chi connectivity index (χ4v) is 2.56. The van der Waals surface area contributed by atoms with Gasteiger partial charge in [-0.3, -0.25) is 4.79 Å². The third-order valence-corrected chi connectivity index (χ3v) is 3.54. The Hall–Kier alpha value is -0.570. The van der Waals surface area contributed by atoms with Crippen LogP contribution in [0.2, 0.25) is 0 Å². The van der Waals surface area contributed by atoms with E-state index in [9.17, 15) is 4.79 Å². The predicted molar refractivity (Wildman–Crippen MR) is 49.2 cm³/mol. The molecule has 2 aliphatic heterocycles. The molecule has 3 aliphatic rings. The molecule has 2 bridgehead atoms. The minimum Gasteiger partial charge on any atom is -0.334 e. The van der Waals surface area contributed by atoms with Crippen LogP contribution in [0, 0.1) is 5.92 Å². The van der Waals surface area contributed by atoms with Gasteiger partial charge in [0.2, 0.25) is 5.91 Å². The largest absolute Gasteiger partial charge is 0.334 e. The molecule has 1 saturated carbocycles. The molecule has 72 valence electrons. The highest BCUT2D eigenvalue weighted by atomic mass is 16.2. The number of carbonyl (C=O) groups is 1. The topological polar surface area (TPSA) is 32.3 Å². The number of carbonyl (C=O) groups excluding carboxylic acids is 1. The fourth-order valence-electron chi connectivity index (χ4n) is 2.56. The number of piperazine rings is 1. The zero-order valence-corrected chi connectivity index (χ0v) is 7.83. The molecule has 0 aromatic carbocycles. The summed E-state index contributed by atoms with van der Waals surface area (Å²) in [5.74, 6) is 1.16. The third kappa shape index (κ3) is 1.26. The third-order valence-electron chi connectivity index (χ3n) is 3.54. The molecule has 1 amide bonds. The number of nitrogens with zero attached hydrogens (tertiary/aromatic N) is 1. The first-order chi connectivity index (χ1) is 6.34. The molecule has 3 nitrogen and oxygen atoms in total. The summed E-state index contributed by atoms with van der Waals surface area (Å²) in [6.45, 7) is 2.04. The molecule has 0 aromatic rings. The van der Waals surface area contributed by atoms with Crippen molar-refractivity contribution in [3.8, 4) is 0 Å². The van der Waals surface area contributed by atoms with Gasteiger partial charge in [0.15, 0.2) is 0 Å². The van der Waals surface area contributed by atoms with Crippen LogP contribution in [0.25, 0.3) is 0 Å². The van der Waals surface area contributed by atoms with Gasteiger partial charge in [0.25, 0.3) is 0 Å². The van der Waals surface area contributed by atoms with Crippen LogP contribution in [0.5, 0.6) is 0 Å². The van der Waals surface area contributed by atoms with Crippen molar-refractivity contribution in [3.63, 3.8) is 0 Å². The van der Waals surface area contributed by atoms with E-state index in [0.717, 1.165) is 25.4 Å². The Bertz CT molecular complexity index is 223. The number of piperidine rings is 1. The van der Waals surface area contributed by atoms with Crippen molar-refractivity contribution in [1.29, 1.82) is 0 Å². The number of amides is 1. The van der Waals surface area contributed by atoms with E-state index < -0.39 is 0 Å². The second-order valence-electron chi connectivity index (χ2n) is 4.65. The van der Waals surface area contributed by atoms with E-state index in [4.69, 9.17) is 0 Å². The second kappa shape index (κ2) is 2.71. The zero-order chi connectivity index (χ0) is 8.84. The van der Waals surface area contributed by atoms with Crippen LogP contribution in [0.4, 0.5) is 0 Å². The summed E-state index contributed by atoms with van der Waals surface area (Å²) in [6.07, 6.45) is 4.64. The van der Waals surface area contributed by atoms with Crippen LogP contribution in [0.3, 0.4) is 0 Å². The van der Waals surface area contributed by atoms with E-state index in [2.05, 4.69) is 10.2 Å². The van der Waals surface area contributed by atoms with Crippen molar-refractivity contribution in [2.24, 2.45) is 5.92 Å². The summed E-state index contributed by atoms with van der Waals surface area (Å²) in [5.41, 5.74) is 0. The maximum absolute atomic E-state index is 11.8. The maximum atomic E-state index is 11.8. The van der Waals surface area contributed by atoms with Crippen LogP contribution >= 0.6 is 0 Å². The van der Waals surface area contributed by atoms with Gasteiger partial charge < -0.3 is 10.2 Å². The lowest BCUT2D eigenvalue weighted by Gasteiger charge is -2.53. The molecule has 13 heavy (non-hydrogen) atoms. The van der Waals surface area contributed by atoms with E-state index >= 15 is 0 Å². The molecule has 2 atom stereocenters. The first-order valence-corrected chi connectivity index (χ1v) is 5.36. The summed E-state index contributed by atoms with van der Waals surface area (Å²) >= 11 is 0. The number of fused-ring (bicyclic) bond motifs is 2. The lowest BCUT2D eigenvalue weighted by atomic mass is 9.88. The number of rotatable bonds is 2. The van der Waals surface area contributed by atoms with Gasteiger partial charge in [-0.1, -0.05) is 0 Å². The molecular weight excluding hydrogens is 164 g/mol. The molecule has 0 radical (unpaired) electrons. The molecule has 2 saturated heterocycles. The van der Waals surface area contributed by atoms with Crippen LogP contribution < -0.4 is 5.32 Å². The average molecular weight is 180 g/mol. The molecule has 3 rings (SSSR count). The Morgan fingerprint density at radius 1 is 1.31 bits per heavy atom. The van der Waals surface area contributed by atoms with Crippen molar-refractivity contribution < 1.29 is 4.79 Å². The summed E-state index contributed by atoms with van der Waals surface area (Å²) in [6, 6.07) is 1.06.